The van der Waals surface area contributed by atoms with Crippen molar-refractivity contribution in [2.75, 3.05) is 0 Å². The summed E-state index contributed by atoms with van der Waals surface area (Å²) in [5, 5.41) is 11.1. The average molecular weight is 396 g/mol. The summed E-state index contributed by atoms with van der Waals surface area (Å²) in [6, 6.07) is 23.9. The second-order valence-electron chi connectivity index (χ2n) is 7.49. The molecule has 0 bridgehead atoms. The van der Waals surface area contributed by atoms with Crippen LogP contribution in [-0.4, -0.2) is 21.4 Å². The van der Waals surface area contributed by atoms with Crippen LogP contribution in [0.1, 0.15) is 39.8 Å². The lowest BCUT2D eigenvalue weighted by molar-refractivity contribution is 0.0954. The molecule has 4 aromatic rings. The largest absolute Gasteiger partial charge is 0.271 e. The first-order valence-electron chi connectivity index (χ1n) is 9.93. The molecule has 1 N–H and O–H groups in total. The molecule has 0 aliphatic heterocycles. The van der Waals surface area contributed by atoms with E-state index in [1.807, 2.05) is 67.9 Å². The summed E-state index contributed by atoms with van der Waals surface area (Å²) in [5.74, 6) is -0.231. The number of nitrogens with zero attached hydrogens (tertiary/aromatic N) is 3. The lowest BCUT2D eigenvalue weighted by Crippen LogP contribution is -2.19. The Bertz CT molecular complexity index is 1250. The Morgan fingerprint density at radius 2 is 1.73 bits per heavy atom. The number of aryl methyl sites for hydroxylation is 2. The van der Waals surface area contributed by atoms with Crippen molar-refractivity contribution in [1.82, 2.24) is 15.2 Å². The summed E-state index contributed by atoms with van der Waals surface area (Å²) >= 11 is 0. The van der Waals surface area contributed by atoms with Crippen LogP contribution in [0.5, 0.6) is 0 Å². The first kappa shape index (κ1) is 19.6. The van der Waals surface area contributed by atoms with Crippen molar-refractivity contribution in [1.29, 1.82) is 0 Å². The zero-order valence-electron chi connectivity index (χ0n) is 17.4. The van der Waals surface area contributed by atoms with Gasteiger partial charge in [0.1, 0.15) is 0 Å². The predicted molar refractivity (Wildman–Crippen MR) is 121 cm³/mol. The molecule has 1 heterocycles. The van der Waals surface area contributed by atoms with E-state index in [9.17, 15) is 4.79 Å². The van der Waals surface area contributed by atoms with E-state index in [1.54, 1.807) is 6.07 Å². The van der Waals surface area contributed by atoms with Gasteiger partial charge in [-0.2, -0.15) is 10.2 Å². The van der Waals surface area contributed by atoms with Gasteiger partial charge in [-0.3, -0.25) is 9.48 Å². The van der Waals surface area contributed by atoms with Crippen LogP contribution in [0.4, 0.5) is 0 Å². The molecular weight excluding hydrogens is 372 g/mol. The number of carbonyl (C=O) groups is 1. The Hall–Kier alpha value is -3.73. The molecule has 4 rings (SSSR count). The predicted octanol–water partition coefficient (Wildman–Crippen LogP) is 4.86. The van der Waals surface area contributed by atoms with E-state index in [0.717, 1.165) is 33.6 Å². The molecule has 0 aliphatic carbocycles. The molecular formula is C25H24N4O. The van der Waals surface area contributed by atoms with Crippen molar-refractivity contribution in [3.05, 3.63) is 101 Å². The molecule has 5 nitrogen and oxygen atoms in total. The third-order valence-electron chi connectivity index (χ3n) is 5.12. The van der Waals surface area contributed by atoms with Crippen molar-refractivity contribution in [2.45, 2.75) is 27.3 Å². The summed E-state index contributed by atoms with van der Waals surface area (Å²) in [7, 11) is 0. The van der Waals surface area contributed by atoms with Gasteiger partial charge in [0.05, 0.1) is 18.0 Å². The van der Waals surface area contributed by atoms with E-state index in [1.165, 1.54) is 5.39 Å². The smallest absolute Gasteiger partial charge is 0.267 e. The SMILES string of the molecule is C/C(=N\NC(=O)c1cccc(Cn2nc(C)cc2C)c1)c1ccc2ccccc2c1. The van der Waals surface area contributed by atoms with Gasteiger partial charge in [-0.05, 0) is 66.9 Å². The fourth-order valence-corrected chi connectivity index (χ4v) is 3.50. The Balaban J connectivity index is 1.48. The van der Waals surface area contributed by atoms with E-state index >= 15 is 0 Å². The van der Waals surface area contributed by atoms with Crippen LogP contribution in [0.15, 0.2) is 77.9 Å². The molecule has 0 fully saturated rings. The van der Waals surface area contributed by atoms with Crippen molar-refractivity contribution < 1.29 is 4.79 Å². The molecule has 1 aromatic heterocycles. The number of benzene rings is 3. The molecule has 150 valence electrons. The molecule has 0 spiro atoms. The number of hydrogen-bond donors (Lipinski definition) is 1. The number of nitrogens with one attached hydrogen (secondary N) is 1. The summed E-state index contributed by atoms with van der Waals surface area (Å²) in [6.07, 6.45) is 0. The number of amides is 1. The number of rotatable bonds is 5. The van der Waals surface area contributed by atoms with Crippen LogP contribution in [0.25, 0.3) is 10.8 Å². The maximum atomic E-state index is 12.6. The van der Waals surface area contributed by atoms with Crippen LogP contribution in [0, 0.1) is 13.8 Å². The molecule has 3 aromatic carbocycles. The highest BCUT2D eigenvalue weighted by molar-refractivity contribution is 6.03. The molecule has 0 radical (unpaired) electrons. The molecule has 1 amide bonds. The lowest BCUT2D eigenvalue weighted by atomic mass is 10.0. The monoisotopic (exact) mass is 396 g/mol. The first-order chi connectivity index (χ1) is 14.5. The first-order valence-corrected chi connectivity index (χ1v) is 9.93. The molecule has 0 unspecified atom stereocenters. The van der Waals surface area contributed by atoms with E-state index < -0.39 is 0 Å². The summed E-state index contributed by atoms with van der Waals surface area (Å²) < 4.78 is 1.94. The maximum Gasteiger partial charge on any atom is 0.271 e. The normalized spacial score (nSPS) is 11.6. The van der Waals surface area contributed by atoms with Gasteiger partial charge in [0.15, 0.2) is 0 Å². The van der Waals surface area contributed by atoms with Crippen LogP contribution < -0.4 is 5.43 Å². The van der Waals surface area contributed by atoms with Crippen molar-refractivity contribution in [3.63, 3.8) is 0 Å². The highest BCUT2D eigenvalue weighted by atomic mass is 16.2. The number of hydrogen-bond acceptors (Lipinski definition) is 3. The number of hydrazone groups is 1. The lowest BCUT2D eigenvalue weighted by Gasteiger charge is -2.08. The van der Waals surface area contributed by atoms with Gasteiger partial charge >= 0.3 is 0 Å². The van der Waals surface area contributed by atoms with Gasteiger partial charge in [0.2, 0.25) is 0 Å². The maximum absolute atomic E-state index is 12.6. The van der Waals surface area contributed by atoms with Crippen LogP contribution in [0.2, 0.25) is 0 Å². The summed E-state index contributed by atoms with van der Waals surface area (Å²) in [4.78, 5) is 12.6. The zero-order valence-corrected chi connectivity index (χ0v) is 17.4. The molecule has 0 aliphatic rings. The number of fused-ring (bicyclic) bond motifs is 1. The molecule has 0 atom stereocenters. The van der Waals surface area contributed by atoms with Gasteiger partial charge in [0.25, 0.3) is 5.91 Å². The van der Waals surface area contributed by atoms with E-state index in [4.69, 9.17) is 0 Å². The van der Waals surface area contributed by atoms with Crippen LogP contribution >= 0.6 is 0 Å². The Kier molecular flexibility index (Phi) is 5.44. The fraction of sp³-hybridized carbons (Fsp3) is 0.160. The van der Waals surface area contributed by atoms with Gasteiger partial charge in [-0.1, -0.05) is 48.5 Å². The third kappa shape index (κ3) is 4.30. The topological polar surface area (TPSA) is 59.3 Å². The molecule has 30 heavy (non-hydrogen) atoms. The van der Waals surface area contributed by atoms with Gasteiger partial charge in [0, 0.05) is 11.3 Å². The Morgan fingerprint density at radius 1 is 0.933 bits per heavy atom. The third-order valence-corrected chi connectivity index (χ3v) is 5.12. The molecule has 5 heteroatoms. The van der Waals surface area contributed by atoms with Crippen molar-refractivity contribution in [2.24, 2.45) is 5.10 Å². The van der Waals surface area contributed by atoms with Crippen LogP contribution in [-0.2, 0) is 6.54 Å². The van der Waals surface area contributed by atoms with E-state index in [2.05, 4.69) is 39.9 Å². The second kappa shape index (κ2) is 8.33. The zero-order chi connectivity index (χ0) is 21.1. The summed E-state index contributed by atoms with van der Waals surface area (Å²) in [5.41, 5.74) is 8.09. The molecule has 0 saturated carbocycles. The minimum absolute atomic E-state index is 0.231. The quantitative estimate of drug-likeness (QED) is 0.387. The summed E-state index contributed by atoms with van der Waals surface area (Å²) in [6.45, 7) is 6.52. The minimum atomic E-state index is -0.231. The minimum Gasteiger partial charge on any atom is -0.267 e. The second-order valence-corrected chi connectivity index (χ2v) is 7.49. The van der Waals surface area contributed by atoms with Gasteiger partial charge < -0.3 is 0 Å². The highest BCUT2D eigenvalue weighted by Gasteiger charge is 2.08. The van der Waals surface area contributed by atoms with Gasteiger partial charge in [-0.25, -0.2) is 5.43 Å². The number of aromatic nitrogens is 2. The highest BCUT2D eigenvalue weighted by Crippen LogP contribution is 2.16. The Labute approximate surface area is 176 Å². The molecule has 0 saturated heterocycles. The Morgan fingerprint density at radius 3 is 2.50 bits per heavy atom. The van der Waals surface area contributed by atoms with E-state index in [0.29, 0.717) is 12.1 Å². The number of carbonyl (C=O) groups excluding carboxylic acids is 1. The standard InChI is InChI=1S/C25H24N4O/c1-17-13-18(2)29(28-17)16-20-7-6-10-24(14-20)25(30)27-26-19(3)22-12-11-21-8-4-5-9-23(21)15-22/h4-15H,16H2,1-3H3,(H,27,30)/b26-19+. The van der Waals surface area contributed by atoms with Crippen molar-refractivity contribution >= 4 is 22.4 Å². The van der Waals surface area contributed by atoms with Crippen LogP contribution in [0.3, 0.4) is 0 Å². The van der Waals surface area contributed by atoms with Crippen molar-refractivity contribution in [3.8, 4) is 0 Å². The van der Waals surface area contributed by atoms with E-state index in [-0.39, 0.29) is 5.91 Å². The fourth-order valence-electron chi connectivity index (χ4n) is 3.50. The van der Waals surface area contributed by atoms with Gasteiger partial charge in [-0.15, -0.1) is 0 Å². The average Bonchev–Trinajstić information content (AvgIpc) is 3.08.